The Morgan fingerprint density at radius 2 is 2.00 bits per heavy atom. The van der Waals surface area contributed by atoms with E-state index in [2.05, 4.69) is 20.8 Å². The average molecular weight is 138 g/mol. The first kappa shape index (κ1) is 6.69. The molecule has 2 aliphatic rings. The number of rotatable bonds is 1. The molecule has 0 aromatic rings. The highest BCUT2D eigenvalue weighted by atomic mass is 14.6. The Morgan fingerprint density at radius 1 is 1.30 bits per heavy atom. The van der Waals surface area contributed by atoms with Gasteiger partial charge in [-0.2, -0.15) is 0 Å². The van der Waals surface area contributed by atoms with Crippen molar-refractivity contribution in [2.24, 2.45) is 23.2 Å². The summed E-state index contributed by atoms with van der Waals surface area (Å²) in [6.07, 6.45) is 4.60. The molecule has 3 unspecified atom stereocenters. The van der Waals surface area contributed by atoms with E-state index in [1.54, 1.807) is 0 Å². The number of hydrogen-bond acceptors (Lipinski definition) is 0. The Kier molecular flexibility index (Phi) is 1.19. The Hall–Kier alpha value is 0. The molecule has 0 bridgehead atoms. The molecule has 10 heavy (non-hydrogen) atoms. The monoisotopic (exact) mass is 138 g/mol. The van der Waals surface area contributed by atoms with Crippen LogP contribution in [0.25, 0.3) is 0 Å². The lowest BCUT2D eigenvalue weighted by atomic mass is 9.89. The normalized spacial score (nSPS) is 51.6. The van der Waals surface area contributed by atoms with E-state index in [1.807, 2.05) is 0 Å². The van der Waals surface area contributed by atoms with Crippen molar-refractivity contribution in [1.82, 2.24) is 0 Å². The molecule has 58 valence electrons. The van der Waals surface area contributed by atoms with Crippen molar-refractivity contribution in [2.45, 2.75) is 40.0 Å². The van der Waals surface area contributed by atoms with Crippen LogP contribution in [0.15, 0.2) is 0 Å². The van der Waals surface area contributed by atoms with Gasteiger partial charge in [-0.1, -0.05) is 20.8 Å². The molecule has 0 aromatic carbocycles. The summed E-state index contributed by atoms with van der Waals surface area (Å²) in [5.41, 5.74) is 0.814. The molecule has 0 nitrogen and oxygen atoms in total. The summed E-state index contributed by atoms with van der Waals surface area (Å²) in [5.74, 6) is 3.12. The number of hydrogen-bond donors (Lipinski definition) is 0. The summed E-state index contributed by atoms with van der Waals surface area (Å²) in [7, 11) is 0. The van der Waals surface area contributed by atoms with Crippen molar-refractivity contribution in [1.29, 1.82) is 0 Å². The Balaban J connectivity index is 1.97. The smallest absolute Gasteiger partial charge is 0.0292 e. The molecule has 0 heterocycles. The van der Waals surface area contributed by atoms with Gasteiger partial charge in [-0.15, -0.1) is 0 Å². The van der Waals surface area contributed by atoms with Gasteiger partial charge in [0.15, 0.2) is 0 Å². The predicted molar refractivity (Wildman–Crippen MR) is 43.8 cm³/mol. The lowest BCUT2D eigenvalue weighted by Gasteiger charge is -2.16. The minimum absolute atomic E-state index is 0.814. The molecular formula is C10H18. The van der Waals surface area contributed by atoms with E-state index in [4.69, 9.17) is 0 Å². The minimum atomic E-state index is 0.814. The van der Waals surface area contributed by atoms with Crippen LogP contribution in [-0.2, 0) is 0 Å². The second-order valence-electron chi connectivity index (χ2n) is 5.00. The van der Waals surface area contributed by atoms with Crippen molar-refractivity contribution < 1.29 is 0 Å². The molecular weight excluding hydrogens is 120 g/mol. The molecule has 2 rings (SSSR count). The SMILES string of the molecule is CC(C)C1CC2CC2(C)C1. The first-order valence-electron chi connectivity index (χ1n) is 4.62. The van der Waals surface area contributed by atoms with Crippen LogP contribution in [0.5, 0.6) is 0 Å². The predicted octanol–water partition coefficient (Wildman–Crippen LogP) is 3.08. The third-order valence-corrected chi connectivity index (χ3v) is 3.80. The maximum atomic E-state index is 2.47. The van der Waals surface area contributed by atoms with E-state index >= 15 is 0 Å². The van der Waals surface area contributed by atoms with Crippen LogP contribution < -0.4 is 0 Å². The third-order valence-electron chi connectivity index (χ3n) is 3.80. The van der Waals surface area contributed by atoms with Crippen molar-refractivity contribution in [2.75, 3.05) is 0 Å². The fourth-order valence-electron chi connectivity index (χ4n) is 2.68. The average Bonchev–Trinajstić information content (AvgIpc) is 2.32. The van der Waals surface area contributed by atoms with Crippen molar-refractivity contribution in [3.63, 3.8) is 0 Å². The van der Waals surface area contributed by atoms with E-state index in [0.717, 1.165) is 23.2 Å². The molecule has 0 heteroatoms. The molecule has 2 aliphatic carbocycles. The van der Waals surface area contributed by atoms with Gasteiger partial charge in [0.05, 0.1) is 0 Å². The minimum Gasteiger partial charge on any atom is -0.0625 e. The Morgan fingerprint density at radius 3 is 2.30 bits per heavy atom. The summed E-state index contributed by atoms with van der Waals surface area (Å²) >= 11 is 0. The first-order valence-corrected chi connectivity index (χ1v) is 4.62. The van der Waals surface area contributed by atoms with Gasteiger partial charge in [-0.25, -0.2) is 0 Å². The van der Waals surface area contributed by atoms with Crippen molar-refractivity contribution in [3.8, 4) is 0 Å². The van der Waals surface area contributed by atoms with E-state index in [-0.39, 0.29) is 0 Å². The molecule has 0 saturated heterocycles. The summed E-state index contributed by atoms with van der Waals surface area (Å²) in [5, 5.41) is 0. The third kappa shape index (κ3) is 0.810. The fourth-order valence-corrected chi connectivity index (χ4v) is 2.68. The van der Waals surface area contributed by atoms with E-state index < -0.39 is 0 Å². The summed E-state index contributed by atoms with van der Waals surface area (Å²) in [6.45, 7) is 7.22. The van der Waals surface area contributed by atoms with Gasteiger partial charge in [-0.05, 0) is 42.4 Å². The second-order valence-corrected chi connectivity index (χ2v) is 5.00. The summed E-state index contributed by atoms with van der Waals surface area (Å²) < 4.78 is 0. The highest BCUT2D eigenvalue weighted by Crippen LogP contribution is 2.66. The van der Waals surface area contributed by atoms with Crippen LogP contribution in [0.2, 0.25) is 0 Å². The van der Waals surface area contributed by atoms with E-state index in [9.17, 15) is 0 Å². The number of fused-ring (bicyclic) bond motifs is 1. The van der Waals surface area contributed by atoms with Crippen LogP contribution in [0.3, 0.4) is 0 Å². The van der Waals surface area contributed by atoms with E-state index in [0.29, 0.717) is 0 Å². The van der Waals surface area contributed by atoms with Crippen LogP contribution in [0.1, 0.15) is 40.0 Å². The van der Waals surface area contributed by atoms with Crippen LogP contribution >= 0.6 is 0 Å². The quantitative estimate of drug-likeness (QED) is 0.522. The zero-order chi connectivity index (χ0) is 7.35. The standard InChI is InChI=1S/C10H18/c1-7(2)8-4-9-6-10(9,3)5-8/h7-9H,4-6H2,1-3H3. The van der Waals surface area contributed by atoms with Gasteiger partial charge in [0.2, 0.25) is 0 Å². The second kappa shape index (κ2) is 1.78. The molecule has 0 amide bonds. The first-order chi connectivity index (χ1) is 4.62. The summed E-state index contributed by atoms with van der Waals surface area (Å²) in [4.78, 5) is 0. The highest BCUT2D eigenvalue weighted by molar-refractivity contribution is 5.06. The van der Waals surface area contributed by atoms with Crippen LogP contribution in [0, 0.1) is 23.2 Å². The van der Waals surface area contributed by atoms with Gasteiger partial charge < -0.3 is 0 Å². The molecule has 0 aliphatic heterocycles. The molecule has 2 saturated carbocycles. The van der Waals surface area contributed by atoms with Gasteiger partial charge in [0.1, 0.15) is 0 Å². The zero-order valence-electron chi connectivity index (χ0n) is 7.35. The largest absolute Gasteiger partial charge is 0.0625 e. The topological polar surface area (TPSA) is 0 Å². The lowest BCUT2D eigenvalue weighted by Crippen LogP contribution is -2.07. The summed E-state index contributed by atoms with van der Waals surface area (Å²) in [6, 6.07) is 0. The Bertz CT molecular complexity index is 148. The van der Waals surface area contributed by atoms with Gasteiger partial charge in [0, 0.05) is 0 Å². The molecule has 3 atom stereocenters. The van der Waals surface area contributed by atoms with Gasteiger partial charge in [-0.3, -0.25) is 0 Å². The molecule has 2 fully saturated rings. The van der Waals surface area contributed by atoms with E-state index in [1.165, 1.54) is 19.3 Å². The van der Waals surface area contributed by atoms with Crippen molar-refractivity contribution in [3.05, 3.63) is 0 Å². The molecule has 0 radical (unpaired) electrons. The highest BCUT2D eigenvalue weighted by Gasteiger charge is 2.56. The van der Waals surface area contributed by atoms with Gasteiger partial charge in [0.25, 0.3) is 0 Å². The zero-order valence-corrected chi connectivity index (χ0v) is 7.35. The molecule has 0 aromatic heterocycles. The fraction of sp³-hybridized carbons (Fsp3) is 1.00. The maximum absolute atomic E-state index is 2.47. The Labute approximate surface area is 64.0 Å². The molecule has 0 spiro atoms. The van der Waals surface area contributed by atoms with Crippen LogP contribution in [0.4, 0.5) is 0 Å². The van der Waals surface area contributed by atoms with Crippen molar-refractivity contribution >= 4 is 0 Å². The van der Waals surface area contributed by atoms with Gasteiger partial charge >= 0.3 is 0 Å². The van der Waals surface area contributed by atoms with Crippen LogP contribution in [-0.4, -0.2) is 0 Å². The molecule has 0 N–H and O–H groups in total. The maximum Gasteiger partial charge on any atom is -0.0292 e. The lowest BCUT2D eigenvalue weighted by molar-refractivity contribution is 0.339.